The molecule has 1 aliphatic carbocycles. The Bertz CT molecular complexity index is 1120. The molecule has 0 aromatic carbocycles. The van der Waals surface area contributed by atoms with E-state index in [4.69, 9.17) is 15.5 Å². The molecular formula is C22H27FN4O5. The number of pyridine rings is 2. The number of aromatic carboxylic acids is 1. The van der Waals surface area contributed by atoms with Gasteiger partial charge in [-0.1, -0.05) is 5.57 Å². The molecule has 10 heteroatoms. The molecule has 3 heterocycles. The molecule has 2 aromatic rings. The maximum atomic E-state index is 15.0. The molecule has 0 radical (unpaired) electrons. The largest absolute Gasteiger partial charge is 0.477 e. The summed E-state index contributed by atoms with van der Waals surface area (Å²) in [4.78, 5) is 40.6. The Labute approximate surface area is 184 Å². The number of nitrogens with zero attached hydrogens (tertiary/aromatic N) is 3. The van der Waals surface area contributed by atoms with E-state index in [1.807, 2.05) is 11.8 Å². The third kappa shape index (κ3) is 4.38. The third-order valence-corrected chi connectivity index (χ3v) is 5.96. The smallest absolute Gasteiger partial charge is 0.341 e. The van der Waals surface area contributed by atoms with Crippen LogP contribution in [0.3, 0.4) is 0 Å². The third-order valence-electron chi connectivity index (χ3n) is 5.96. The van der Waals surface area contributed by atoms with Crippen LogP contribution in [-0.4, -0.2) is 53.5 Å². The number of carboxylic acids is 1. The minimum absolute atomic E-state index is 0.00543. The van der Waals surface area contributed by atoms with Gasteiger partial charge in [0, 0.05) is 31.9 Å². The zero-order valence-electron chi connectivity index (χ0n) is 18.0. The molecule has 32 heavy (non-hydrogen) atoms. The lowest BCUT2D eigenvalue weighted by atomic mass is 9.98. The Hall–Kier alpha value is -2.82. The summed E-state index contributed by atoms with van der Waals surface area (Å²) in [6.07, 6.45) is 4.45. The highest BCUT2D eigenvalue weighted by Crippen LogP contribution is 2.37. The van der Waals surface area contributed by atoms with E-state index in [2.05, 4.69) is 4.98 Å². The summed E-state index contributed by atoms with van der Waals surface area (Å²) in [7, 11) is 0. The molecule has 1 saturated heterocycles. The normalized spacial score (nSPS) is 16.6. The van der Waals surface area contributed by atoms with Crippen LogP contribution in [0.1, 0.15) is 49.0 Å². The molecule has 0 bridgehead atoms. The monoisotopic (exact) mass is 446 g/mol. The molecule has 2 aromatic heterocycles. The van der Waals surface area contributed by atoms with Crippen molar-refractivity contribution in [3.05, 3.63) is 45.0 Å². The summed E-state index contributed by atoms with van der Waals surface area (Å²) in [6.45, 7) is 4.05. The number of carbonyl (C=O) groups is 1. The van der Waals surface area contributed by atoms with Crippen LogP contribution in [0.25, 0.3) is 11.0 Å². The van der Waals surface area contributed by atoms with E-state index in [-0.39, 0.29) is 22.8 Å². The molecule has 4 rings (SSSR count). The Morgan fingerprint density at radius 3 is 2.62 bits per heavy atom. The lowest BCUT2D eigenvalue weighted by molar-refractivity contribution is -0.284. The fraction of sp³-hybridized carbons (Fsp3) is 0.500. The number of hydrogen-bond donors (Lipinski definition) is 2. The van der Waals surface area contributed by atoms with Crippen molar-refractivity contribution in [2.45, 2.75) is 38.6 Å². The highest BCUT2D eigenvalue weighted by molar-refractivity contribution is 5.92. The number of anilines is 1. The molecule has 0 unspecified atom stereocenters. The molecule has 2 aliphatic rings. The van der Waals surface area contributed by atoms with Crippen LogP contribution in [0.15, 0.2) is 28.2 Å². The van der Waals surface area contributed by atoms with Gasteiger partial charge in [0.25, 0.3) is 0 Å². The first kappa shape index (κ1) is 22.4. The van der Waals surface area contributed by atoms with Gasteiger partial charge in [-0.15, -0.1) is 0 Å². The van der Waals surface area contributed by atoms with Crippen molar-refractivity contribution in [1.82, 2.24) is 9.55 Å². The summed E-state index contributed by atoms with van der Waals surface area (Å²) in [5.74, 6) is -1.78. The minimum atomic E-state index is -1.32. The summed E-state index contributed by atoms with van der Waals surface area (Å²) < 4.78 is 16.7. The van der Waals surface area contributed by atoms with E-state index in [9.17, 15) is 14.7 Å². The number of fused-ring (bicyclic) bond motifs is 1. The van der Waals surface area contributed by atoms with Crippen molar-refractivity contribution < 1.29 is 24.1 Å². The standard InChI is InChI=1S/C22H27FN4O5/c1-2-31-32-12-14(10-24)13-5-7-26(8-6-13)21-18(23)9-16-19(28)17(22(29)30)11-27(15-3-4-15)20(16)25-21/h9,11,15H,2-8,10,12,24H2,1H3,(H,29,30). The summed E-state index contributed by atoms with van der Waals surface area (Å²) in [5, 5.41) is 9.37. The number of hydrogen-bond acceptors (Lipinski definition) is 7. The Kier molecular flexibility index (Phi) is 6.54. The molecule has 3 N–H and O–H groups in total. The number of carboxylic acid groups (broad SMARTS) is 1. The van der Waals surface area contributed by atoms with Crippen LogP contribution in [0, 0.1) is 5.82 Å². The fourth-order valence-electron chi connectivity index (χ4n) is 4.09. The van der Waals surface area contributed by atoms with Crippen LogP contribution >= 0.6 is 0 Å². The number of aromatic nitrogens is 2. The molecule has 1 saturated carbocycles. The first-order chi connectivity index (χ1) is 15.4. The van der Waals surface area contributed by atoms with Crippen molar-refractivity contribution in [3.8, 4) is 0 Å². The van der Waals surface area contributed by atoms with E-state index < -0.39 is 17.2 Å². The highest BCUT2D eigenvalue weighted by atomic mass is 19.1. The second-order valence-electron chi connectivity index (χ2n) is 8.05. The van der Waals surface area contributed by atoms with E-state index >= 15 is 4.39 Å². The van der Waals surface area contributed by atoms with Gasteiger partial charge in [-0.05, 0) is 44.2 Å². The molecule has 172 valence electrons. The summed E-state index contributed by atoms with van der Waals surface area (Å²) in [5.41, 5.74) is 7.26. The van der Waals surface area contributed by atoms with Gasteiger partial charge in [-0.3, -0.25) is 4.79 Å². The molecule has 0 spiro atoms. The van der Waals surface area contributed by atoms with E-state index in [1.165, 1.54) is 11.8 Å². The van der Waals surface area contributed by atoms with Gasteiger partial charge in [0.15, 0.2) is 11.6 Å². The van der Waals surface area contributed by atoms with Crippen molar-refractivity contribution >= 4 is 22.8 Å². The van der Waals surface area contributed by atoms with Crippen LogP contribution in [0.2, 0.25) is 0 Å². The lowest BCUT2D eigenvalue weighted by Crippen LogP contribution is -2.33. The van der Waals surface area contributed by atoms with Crippen molar-refractivity contribution in [2.75, 3.05) is 37.7 Å². The van der Waals surface area contributed by atoms with E-state index in [0.717, 1.165) is 24.5 Å². The van der Waals surface area contributed by atoms with Gasteiger partial charge >= 0.3 is 5.97 Å². The van der Waals surface area contributed by atoms with Gasteiger partial charge in [0.2, 0.25) is 5.43 Å². The maximum absolute atomic E-state index is 15.0. The zero-order valence-corrected chi connectivity index (χ0v) is 18.0. The van der Waals surface area contributed by atoms with E-state index in [0.29, 0.717) is 51.3 Å². The number of halogens is 1. The second-order valence-corrected chi connectivity index (χ2v) is 8.05. The van der Waals surface area contributed by atoms with Crippen LogP contribution in [0.5, 0.6) is 0 Å². The first-order valence-corrected chi connectivity index (χ1v) is 10.8. The molecular weight excluding hydrogens is 419 g/mol. The van der Waals surface area contributed by atoms with Crippen LogP contribution < -0.4 is 16.1 Å². The van der Waals surface area contributed by atoms with Gasteiger partial charge in [-0.25, -0.2) is 23.9 Å². The molecule has 1 aliphatic heterocycles. The van der Waals surface area contributed by atoms with Gasteiger partial charge < -0.3 is 20.3 Å². The molecule has 0 atom stereocenters. The van der Waals surface area contributed by atoms with Gasteiger partial charge in [-0.2, -0.15) is 0 Å². The predicted molar refractivity (Wildman–Crippen MR) is 116 cm³/mol. The van der Waals surface area contributed by atoms with Crippen molar-refractivity contribution in [2.24, 2.45) is 5.73 Å². The predicted octanol–water partition coefficient (Wildman–Crippen LogP) is 2.39. The van der Waals surface area contributed by atoms with Crippen LogP contribution in [0.4, 0.5) is 10.2 Å². The fourth-order valence-corrected chi connectivity index (χ4v) is 4.09. The Balaban J connectivity index is 1.64. The Morgan fingerprint density at radius 2 is 2.03 bits per heavy atom. The highest BCUT2D eigenvalue weighted by Gasteiger charge is 2.29. The van der Waals surface area contributed by atoms with Crippen molar-refractivity contribution in [3.63, 3.8) is 0 Å². The number of rotatable bonds is 8. The quantitative estimate of drug-likeness (QED) is 0.275. The number of piperidine rings is 1. The molecule has 0 amide bonds. The summed E-state index contributed by atoms with van der Waals surface area (Å²) in [6, 6.07) is 1.20. The maximum Gasteiger partial charge on any atom is 0.341 e. The van der Waals surface area contributed by atoms with E-state index in [1.54, 1.807) is 4.57 Å². The lowest BCUT2D eigenvalue weighted by Gasteiger charge is -2.31. The van der Waals surface area contributed by atoms with Gasteiger partial charge in [0.05, 0.1) is 12.0 Å². The zero-order chi connectivity index (χ0) is 22.8. The molecule has 9 nitrogen and oxygen atoms in total. The first-order valence-electron chi connectivity index (χ1n) is 10.8. The Morgan fingerprint density at radius 1 is 1.31 bits per heavy atom. The summed E-state index contributed by atoms with van der Waals surface area (Å²) >= 11 is 0. The number of nitrogens with two attached hydrogens (primary N) is 1. The molecule has 2 fully saturated rings. The van der Waals surface area contributed by atoms with Gasteiger partial charge in [0.1, 0.15) is 17.8 Å². The average molecular weight is 446 g/mol. The topological polar surface area (TPSA) is 120 Å². The van der Waals surface area contributed by atoms with Crippen LogP contribution in [-0.2, 0) is 9.78 Å². The minimum Gasteiger partial charge on any atom is -0.477 e. The average Bonchev–Trinajstić information content (AvgIpc) is 3.62. The van der Waals surface area contributed by atoms with Crippen molar-refractivity contribution in [1.29, 1.82) is 0 Å². The SMILES string of the molecule is CCOOCC(CN)=C1CCN(c2nc3c(cc2F)c(=O)c(C(=O)O)cn3C2CC2)CC1. The second kappa shape index (κ2) is 9.35.